The number of morpholine rings is 1. The molecule has 1 heterocycles. The molecule has 0 aromatic heterocycles. The van der Waals surface area contributed by atoms with E-state index in [1.807, 2.05) is 35.2 Å². The van der Waals surface area contributed by atoms with E-state index in [1.165, 1.54) is 24.3 Å². The van der Waals surface area contributed by atoms with E-state index in [4.69, 9.17) is 9.47 Å². The molecule has 0 saturated carbocycles. The van der Waals surface area contributed by atoms with Gasteiger partial charge in [-0.15, -0.1) is 0 Å². The molecule has 1 fully saturated rings. The average Bonchev–Trinajstić information content (AvgIpc) is 2.84. The third-order valence-corrected chi connectivity index (χ3v) is 5.92. The van der Waals surface area contributed by atoms with Crippen molar-refractivity contribution in [3.63, 3.8) is 0 Å². The predicted molar refractivity (Wildman–Crippen MR) is 122 cm³/mol. The Morgan fingerprint density at radius 3 is 2.05 bits per heavy atom. The molecule has 0 N–H and O–H groups in total. The lowest BCUT2D eigenvalue weighted by molar-refractivity contribution is -0.181. The highest BCUT2D eigenvalue weighted by Gasteiger charge is 2.39. The molecular formula is C27H22F7NO2. The first kappa shape index (κ1) is 26.7. The molecule has 10 heteroatoms. The zero-order valence-corrected chi connectivity index (χ0v) is 19.3. The van der Waals surface area contributed by atoms with Crippen molar-refractivity contribution in [2.24, 2.45) is 0 Å². The van der Waals surface area contributed by atoms with Crippen LogP contribution in [-0.4, -0.2) is 24.3 Å². The highest BCUT2D eigenvalue weighted by Crippen LogP contribution is 2.39. The SMILES string of the molecule is C=C(O[C@H]1OCCN(Cc2ccccc2)[C@H]1c1ccc(F)cc1)c1cc(C(F)(F)F)cc(C(F)(F)F)c1. The van der Waals surface area contributed by atoms with Crippen LogP contribution in [0.5, 0.6) is 0 Å². The van der Waals surface area contributed by atoms with Crippen molar-refractivity contribution < 1.29 is 40.2 Å². The molecule has 0 spiro atoms. The number of nitrogens with zero attached hydrogens (tertiary/aromatic N) is 1. The largest absolute Gasteiger partial charge is 0.463 e. The Morgan fingerprint density at radius 1 is 0.892 bits per heavy atom. The summed E-state index contributed by atoms with van der Waals surface area (Å²) in [5, 5.41) is 0. The first-order chi connectivity index (χ1) is 17.4. The van der Waals surface area contributed by atoms with Gasteiger partial charge in [-0.25, -0.2) is 4.39 Å². The molecule has 3 aromatic carbocycles. The molecule has 3 aromatic rings. The molecule has 1 aliphatic heterocycles. The molecule has 0 aliphatic carbocycles. The summed E-state index contributed by atoms with van der Waals surface area (Å²) in [6.45, 7) is 4.67. The van der Waals surface area contributed by atoms with Crippen LogP contribution in [0, 0.1) is 5.82 Å². The minimum absolute atomic E-state index is 0.0385. The Morgan fingerprint density at radius 2 is 1.49 bits per heavy atom. The molecule has 0 unspecified atom stereocenters. The fourth-order valence-corrected chi connectivity index (χ4v) is 4.13. The number of alkyl halides is 6. The van der Waals surface area contributed by atoms with Crippen LogP contribution in [0.25, 0.3) is 5.76 Å². The molecule has 196 valence electrons. The van der Waals surface area contributed by atoms with Crippen molar-refractivity contribution in [3.05, 3.63) is 113 Å². The van der Waals surface area contributed by atoms with Gasteiger partial charge in [0.1, 0.15) is 11.6 Å². The van der Waals surface area contributed by atoms with Crippen LogP contribution in [0.3, 0.4) is 0 Å². The fraction of sp³-hybridized carbons (Fsp3) is 0.259. The van der Waals surface area contributed by atoms with Crippen LogP contribution in [-0.2, 0) is 28.4 Å². The molecule has 3 nitrogen and oxygen atoms in total. The van der Waals surface area contributed by atoms with Crippen molar-refractivity contribution in [1.29, 1.82) is 0 Å². The first-order valence-electron chi connectivity index (χ1n) is 11.2. The van der Waals surface area contributed by atoms with E-state index in [9.17, 15) is 30.7 Å². The number of halogens is 7. The molecular weight excluding hydrogens is 503 g/mol. The first-order valence-corrected chi connectivity index (χ1v) is 11.2. The Kier molecular flexibility index (Phi) is 7.61. The maximum absolute atomic E-state index is 13.6. The van der Waals surface area contributed by atoms with Crippen LogP contribution >= 0.6 is 0 Å². The molecule has 0 bridgehead atoms. The summed E-state index contributed by atoms with van der Waals surface area (Å²) in [7, 11) is 0. The van der Waals surface area contributed by atoms with E-state index in [0.29, 0.717) is 30.8 Å². The number of hydrogen-bond acceptors (Lipinski definition) is 3. The molecule has 0 radical (unpaired) electrons. The predicted octanol–water partition coefficient (Wildman–Crippen LogP) is 7.45. The lowest BCUT2D eigenvalue weighted by Crippen LogP contribution is -2.45. The third kappa shape index (κ3) is 6.50. The number of benzene rings is 3. The van der Waals surface area contributed by atoms with Gasteiger partial charge >= 0.3 is 12.4 Å². The van der Waals surface area contributed by atoms with E-state index >= 15 is 0 Å². The zero-order chi connectivity index (χ0) is 26.8. The van der Waals surface area contributed by atoms with Crippen LogP contribution < -0.4 is 0 Å². The van der Waals surface area contributed by atoms with Gasteiger partial charge in [-0.2, -0.15) is 26.3 Å². The lowest BCUT2D eigenvalue weighted by Gasteiger charge is -2.41. The summed E-state index contributed by atoms with van der Waals surface area (Å²) in [6, 6.07) is 15.4. The van der Waals surface area contributed by atoms with Crippen LogP contribution in [0.1, 0.15) is 33.9 Å². The minimum Gasteiger partial charge on any atom is -0.463 e. The third-order valence-electron chi connectivity index (χ3n) is 5.92. The Bertz CT molecular complexity index is 1190. The lowest BCUT2D eigenvalue weighted by atomic mass is 10.0. The quantitative estimate of drug-likeness (QED) is 0.247. The van der Waals surface area contributed by atoms with Crippen molar-refractivity contribution in [1.82, 2.24) is 4.90 Å². The van der Waals surface area contributed by atoms with Gasteiger partial charge in [-0.1, -0.05) is 49.0 Å². The normalized spacial score (nSPS) is 19.0. The standard InChI is InChI=1S/C27H22F7NO2/c1-17(20-13-21(26(29,30)31)15-22(14-20)27(32,33)34)37-25-24(19-7-9-23(28)10-8-19)35(11-12-36-25)16-18-5-3-2-4-6-18/h2-10,13-15,24-25H,1,11-12,16H2/t24-,25+/m0/s1. The number of rotatable bonds is 6. The average molecular weight is 525 g/mol. The van der Waals surface area contributed by atoms with Crippen LogP contribution in [0.2, 0.25) is 0 Å². The topological polar surface area (TPSA) is 21.7 Å². The highest BCUT2D eigenvalue weighted by molar-refractivity contribution is 5.60. The van der Waals surface area contributed by atoms with Gasteiger partial charge in [0.05, 0.1) is 23.8 Å². The van der Waals surface area contributed by atoms with Crippen molar-refractivity contribution in [2.45, 2.75) is 31.2 Å². The van der Waals surface area contributed by atoms with Gasteiger partial charge in [0.25, 0.3) is 0 Å². The summed E-state index contributed by atoms with van der Waals surface area (Å²) in [4.78, 5) is 1.98. The number of hydrogen-bond donors (Lipinski definition) is 0. The summed E-state index contributed by atoms with van der Waals surface area (Å²) < 4.78 is 105. The van der Waals surface area contributed by atoms with Crippen molar-refractivity contribution in [2.75, 3.05) is 13.2 Å². The van der Waals surface area contributed by atoms with Crippen molar-refractivity contribution in [3.8, 4) is 0 Å². The van der Waals surface area contributed by atoms with Gasteiger partial charge in [-0.3, -0.25) is 4.90 Å². The maximum Gasteiger partial charge on any atom is 0.416 e. The smallest absolute Gasteiger partial charge is 0.416 e. The molecule has 37 heavy (non-hydrogen) atoms. The van der Waals surface area contributed by atoms with Crippen LogP contribution in [0.4, 0.5) is 30.7 Å². The summed E-state index contributed by atoms with van der Waals surface area (Å²) >= 11 is 0. The van der Waals surface area contributed by atoms with Gasteiger partial charge in [0, 0.05) is 18.7 Å². The molecule has 4 rings (SSSR count). The number of ether oxygens (including phenoxy) is 2. The summed E-state index contributed by atoms with van der Waals surface area (Å²) in [5.74, 6) is -0.893. The zero-order valence-electron chi connectivity index (χ0n) is 19.3. The van der Waals surface area contributed by atoms with Gasteiger partial charge in [-0.05, 0) is 41.5 Å². The van der Waals surface area contributed by atoms with E-state index in [0.717, 1.165) is 5.56 Å². The van der Waals surface area contributed by atoms with Gasteiger partial charge in [0.2, 0.25) is 6.29 Å². The molecule has 1 saturated heterocycles. The Balaban J connectivity index is 1.67. The monoisotopic (exact) mass is 525 g/mol. The Hall–Kier alpha value is -3.37. The van der Waals surface area contributed by atoms with E-state index in [2.05, 4.69) is 6.58 Å². The second-order valence-electron chi connectivity index (χ2n) is 8.53. The van der Waals surface area contributed by atoms with E-state index in [-0.39, 0.29) is 12.7 Å². The molecule has 2 atom stereocenters. The summed E-state index contributed by atoms with van der Waals surface area (Å²) in [5.41, 5.74) is -1.89. The van der Waals surface area contributed by atoms with Gasteiger partial charge < -0.3 is 9.47 Å². The second kappa shape index (κ2) is 10.5. The van der Waals surface area contributed by atoms with Crippen molar-refractivity contribution >= 4 is 5.76 Å². The fourth-order valence-electron chi connectivity index (χ4n) is 4.13. The summed E-state index contributed by atoms with van der Waals surface area (Å²) in [6.07, 6.45) is -11.2. The van der Waals surface area contributed by atoms with Crippen LogP contribution in [0.15, 0.2) is 79.4 Å². The second-order valence-corrected chi connectivity index (χ2v) is 8.53. The minimum atomic E-state index is -5.01. The highest BCUT2D eigenvalue weighted by atomic mass is 19.4. The molecule has 0 amide bonds. The molecule has 1 aliphatic rings. The Labute approximate surface area is 208 Å². The van der Waals surface area contributed by atoms with Gasteiger partial charge in [0.15, 0.2) is 0 Å². The van der Waals surface area contributed by atoms with E-state index in [1.54, 1.807) is 0 Å². The maximum atomic E-state index is 13.6. The van der Waals surface area contributed by atoms with E-state index < -0.39 is 53.0 Å².